The molecule has 5 heteroatoms. The van der Waals surface area contributed by atoms with Gasteiger partial charge in [-0.25, -0.2) is 0 Å². The highest BCUT2D eigenvalue weighted by atomic mass is 16.2. The van der Waals surface area contributed by atoms with Gasteiger partial charge in [-0.05, 0) is 23.1 Å². The van der Waals surface area contributed by atoms with Gasteiger partial charge in [-0.15, -0.1) is 0 Å². The Hall–Kier alpha value is -1.88. The van der Waals surface area contributed by atoms with E-state index in [1.807, 2.05) is 12.1 Å². The molecule has 0 radical (unpaired) electrons. The van der Waals surface area contributed by atoms with E-state index >= 15 is 0 Å². The summed E-state index contributed by atoms with van der Waals surface area (Å²) in [6, 6.07) is 5.29. The highest BCUT2D eigenvalue weighted by Gasteiger charge is 2.22. The van der Waals surface area contributed by atoms with Crippen molar-refractivity contribution in [3.63, 3.8) is 0 Å². The van der Waals surface area contributed by atoms with Crippen LogP contribution in [0.1, 0.15) is 32.4 Å². The Balaban J connectivity index is 2.61. The normalized spacial score (nSPS) is 13.8. The first-order valence-corrected chi connectivity index (χ1v) is 5.81. The summed E-state index contributed by atoms with van der Waals surface area (Å²) in [6.07, 6.45) is 0. The zero-order valence-electron chi connectivity index (χ0n) is 10.7. The van der Waals surface area contributed by atoms with E-state index in [1.165, 1.54) is 0 Å². The van der Waals surface area contributed by atoms with Gasteiger partial charge in [0.15, 0.2) is 0 Å². The van der Waals surface area contributed by atoms with Crippen LogP contribution in [0.2, 0.25) is 0 Å². The van der Waals surface area contributed by atoms with Crippen LogP contribution in [0.5, 0.6) is 0 Å². The summed E-state index contributed by atoms with van der Waals surface area (Å²) < 4.78 is 0. The summed E-state index contributed by atoms with van der Waals surface area (Å²) in [5.41, 5.74) is 6.93. The fourth-order valence-corrected chi connectivity index (χ4v) is 1.83. The summed E-state index contributed by atoms with van der Waals surface area (Å²) in [4.78, 5) is 27.5. The average molecular weight is 247 g/mol. The summed E-state index contributed by atoms with van der Waals surface area (Å²) in [5.74, 6) is 0. The predicted molar refractivity (Wildman–Crippen MR) is 71.6 cm³/mol. The van der Waals surface area contributed by atoms with Gasteiger partial charge in [-0.1, -0.05) is 26.8 Å². The van der Waals surface area contributed by atoms with E-state index in [0.29, 0.717) is 11.0 Å². The van der Waals surface area contributed by atoms with E-state index in [4.69, 9.17) is 5.73 Å². The minimum Gasteiger partial charge on any atom is -0.324 e. The van der Waals surface area contributed by atoms with Gasteiger partial charge in [0.1, 0.15) is 0 Å². The first-order valence-electron chi connectivity index (χ1n) is 5.81. The van der Waals surface area contributed by atoms with E-state index in [2.05, 4.69) is 30.7 Å². The number of H-pyrrole nitrogens is 2. The number of aromatic amines is 2. The molecular formula is C13H17N3O2. The van der Waals surface area contributed by atoms with Crippen LogP contribution in [0, 0.1) is 5.41 Å². The van der Waals surface area contributed by atoms with E-state index in [-0.39, 0.29) is 11.5 Å². The smallest absolute Gasteiger partial charge is 0.314 e. The van der Waals surface area contributed by atoms with E-state index in [9.17, 15) is 9.59 Å². The lowest BCUT2D eigenvalue weighted by molar-refractivity contribution is 0.327. The second kappa shape index (κ2) is 4.10. The fourth-order valence-electron chi connectivity index (χ4n) is 1.83. The third-order valence-electron chi connectivity index (χ3n) is 3.04. The molecule has 1 heterocycles. The van der Waals surface area contributed by atoms with Crippen LogP contribution in [-0.4, -0.2) is 9.97 Å². The molecule has 0 aliphatic heterocycles. The number of hydrogen-bond acceptors (Lipinski definition) is 3. The van der Waals surface area contributed by atoms with Crippen molar-refractivity contribution in [3.8, 4) is 0 Å². The highest BCUT2D eigenvalue weighted by Crippen LogP contribution is 2.30. The molecular weight excluding hydrogens is 230 g/mol. The molecule has 0 bridgehead atoms. The van der Waals surface area contributed by atoms with Crippen LogP contribution < -0.4 is 16.9 Å². The van der Waals surface area contributed by atoms with Crippen LogP contribution >= 0.6 is 0 Å². The number of hydrogen-bond donors (Lipinski definition) is 3. The number of nitrogens with one attached hydrogen (secondary N) is 2. The Morgan fingerprint density at radius 3 is 2.17 bits per heavy atom. The van der Waals surface area contributed by atoms with Crippen molar-refractivity contribution in [1.82, 2.24) is 9.97 Å². The van der Waals surface area contributed by atoms with Crippen LogP contribution in [-0.2, 0) is 0 Å². The molecule has 2 aromatic rings. The average Bonchev–Trinajstić information content (AvgIpc) is 2.28. The molecule has 2 rings (SSSR count). The van der Waals surface area contributed by atoms with Crippen molar-refractivity contribution >= 4 is 11.0 Å². The van der Waals surface area contributed by atoms with Crippen LogP contribution in [0.25, 0.3) is 11.0 Å². The summed E-state index contributed by atoms with van der Waals surface area (Å²) >= 11 is 0. The number of benzene rings is 1. The standard InChI is InChI=1S/C13H17N3O2/c1-13(2,3)10(14)7-4-5-8-9(6-7)16-12(18)11(17)15-8/h4-6,10H,14H2,1-3H3,(H,15,17)(H,16,18). The number of aromatic nitrogens is 2. The lowest BCUT2D eigenvalue weighted by Gasteiger charge is -2.27. The second-order valence-electron chi connectivity index (χ2n) is 5.56. The van der Waals surface area contributed by atoms with E-state index < -0.39 is 11.1 Å². The third kappa shape index (κ3) is 2.22. The summed E-state index contributed by atoms with van der Waals surface area (Å²) in [5, 5.41) is 0. The largest absolute Gasteiger partial charge is 0.324 e. The Labute approximate surface area is 104 Å². The first-order chi connectivity index (χ1) is 8.29. The first kappa shape index (κ1) is 12.6. The van der Waals surface area contributed by atoms with E-state index in [1.54, 1.807) is 6.07 Å². The Morgan fingerprint density at radius 2 is 1.61 bits per heavy atom. The van der Waals surface area contributed by atoms with E-state index in [0.717, 1.165) is 5.56 Å². The topological polar surface area (TPSA) is 91.7 Å². The third-order valence-corrected chi connectivity index (χ3v) is 3.04. The van der Waals surface area contributed by atoms with Gasteiger partial charge in [0.2, 0.25) is 0 Å². The highest BCUT2D eigenvalue weighted by molar-refractivity contribution is 5.74. The molecule has 96 valence electrons. The monoisotopic (exact) mass is 247 g/mol. The number of fused-ring (bicyclic) bond motifs is 1. The van der Waals surface area contributed by atoms with Gasteiger partial charge < -0.3 is 15.7 Å². The van der Waals surface area contributed by atoms with Crippen molar-refractivity contribution in [2.24, 2.45) is 11.1 Å². The van der Waals surface area contributed by atoms with Gasteiger partial charge in [0.05, 0.1) is 11.0 Å². The SMILES string of the molecule is CC(C)(C)C(N)c1ccc2[nH]c(=O)c(=O)[nH]c2c1. The molecule has 0 aliphatic carbocycles. The number of rotatable bonds is 1. The number of nitrogens with two attached hydrogens (primary N) is 1. The fraction of sp³-hybridized carbons (Fsp3) is 0.385. The molecule has 4 N–H and O–H groups in total. The molecule has 0 saturated heterocycles. The maximum absolute atomic E-state index is 11.3. The molecule has 0 amide bonds. The Morgan fingerprint density at radius 1 is 1.06 bits per heavy atom. The van der Waals surface area contributed by atoms with Crippen molar-refractivity contribution in [1.29, 1.82) is 0 Å². The molecule has 18 heavy (non-hydrogen) atoms. The molecule has 0 fully saturated rings. The van der Waals surface area contributed by atoms with Gasteiger partial charge in [-0.2, -0.15) is 0 Å². The Bertz CT molecular complexity index is 692. The maximum Gasteiger partial charge on any atom is 0.314 e. The predicted octanol–water partition coefficient (Wildman–Crippen LogP) is 1.26. The minimum absolute atomic E-state index is 0.0733. The van der Waals surface area contributed by atoms with Crippen molar-refractivity contribution in [2.75, 3.05) is 0 Å². The molecule has 1 aromatic heterocycles. The quantitative estimate of drug-likeness (QED) is 0.662. The van der Waals surface area contributed by atoms with Gasteiger partial charge in [0.25, 0.3) is 0 Å². The van der Waals surface area contributed by atoms with Gasteiger partial charge >= 0.3 is 11.1 Å². The zero-order chi connectivity index (χ0) is 13.5. The van der Waals surface area contributed by atoms with Crippen molar-refractivity contribution in [2.45, 2.75) is 26.8 Å². The maximum atomic E-state index is 11.3. The Kier molecular flexibility index (Phi) is 2.86. The van der Waals surface area contributed by atoms with Crippen LogP contribution in [0.15, 0.2) is 27.8 Å². The molecule has 5 nitrogen and oxygen atoms in total. The molecule has 0 aliphatic rings. The summed E-state index contributed by atoms with van der Waals surface area (Å²) in [6.45, 7) is 6.16. The van der Waals surface area contributed by atoms with Crippen molar-refractivity contribution < 1.29 is 0 Å². The van der Waals surface area contributed by atoms with Crippen molar-refractivity contribution in [3.05, 3.63) is 44.5 Å². The molecule has 0 saturated carbocycles. The lowest BCUT2D eigenvalue weighted by atomic mass is 9.83. The molecule has 0 spiro atoms. The van der Waals surface area contributed by atoms with Crippen LogP contribution in [0.4, 0.5) is 0 Å². The lowest BCUT2D eigenvalue weighted by Crippen LogP contribution is -2.29. The molecule has 1 unspecified atom stereocenters. The molecule has 1 atom stereocenters. The summed E-state index contributed by atoms with van der Waals surface area (Å²) in [7, 11) is 0. The van der Waals surface area contributed by atoms with Gasteiger partial charge in [-0.3, -0.25) is 9.59 Å². The van der Waals surface area contributed by atoms with Gasteiger partial charge in [0, 0.05) is 6.04 Å². The minimum atomic E-state index is -0.649. The second-order valence-corrected chi connectivity index (χ2v) is 5.56. The molecule has 1 aromatic carbocycles. The van der Waals surface area contributed by atoms with Crippen LogP contribution in [0.3, 0.4) is 0 Å². The zero-order valence-corrected chi connectivity index (χ0v) is 10.7.